The summed E-state index contributed by atoms with van der Waals surface area (Å²) in [5.41, 5.74) is 9.51. The Morgan fingerprint density at radius 3 is 2.58 bits per heavy atom. The Kier molecular flexibility index (Phi) is 5.99. The van der Waals surface area contributed by atoms with E-state index in [1.807, 2.05) is 49.4 Å². The fourth-order valence-electron chi connectivity index (χ4n) is 3.41. The highest BCUT2D eigenvalue weighted by Crippen LogP contribution is 2.40. The fourth-order valence-corrected chi connectivity index (χ4v) is 4.52. The third kappa shape index (κ3) is 4.29. The zero-order valence-corrected chi connectivity index (χ0v) is 18.1. The molecule has 158 valence electrons. The summed E-state index contributed by atoms with van der Waals surface area (Å²) in [7, 11) is 0. The van der Waals surface area contributed by atoms with Gasteiger partial charge in [0.05, 0.1) is 17.7 Å². The van der Waals surface area contributed by atoms with Crippen LogP contribution < -0.4 is 21.1 Å². The van der Waals surface area contributed by atoms with Crippen LogP contribution in [0.15, 0.2) is 54.9 Å². The Balaban J connectivity index is 1.55. The lowest BCUT2D eigenvalue weighted by Gasteiger charge is -2.12. The summed E-state index contributed by atoms with van der Waals surface area (Å²) in [6.07, 6.45) is 2.37. The molecule has 0 fully saturated rings. The summed E-state index contributed by atoms with van der Waals surface area (Å²) in [4.78, 5) is 23.1. The van der Waals surface area contributed by atoms with Crippen molar-refractivity contribution in [3.63, 3.8) is 0 Å². The summed E-state index contributed by atoms with van der Waals surface area (Å²) >= 11 is 1.63. The van der Waals surface area contributed by atoms with Crippen LogP contribution in [0.2, 0.25) is 0 Å². The number of nitrogens with one attached hydrogen (secondary N) is 2. The van der Waals surface area contributed by atoms with Crippen molar-refractivity contribution < 1.29 is 9.53 Å². The molecular formula is C23H23N5O2S. The first kappa shape index (κ1) is 20.6. The van der Waals surface area contributed by atoms with Gasteiger partial charge in [-0.25, -0.2) is 14.8 Å². The molecule has 31 heavy (non-hydrogen) atoms. The number of nitrogen functional groups attached to an aromatic ring is 1. The summed E-state index contributed by atoms with van der Waals surface area (Å²) < 4.78 is 5.55. The number of para-hydroxylation sites is 2. The number of carbonyl (C=O) groups excluding carboxylic acids is 1. The first-order chi connectivity index (χ1) is 15.1. The number of urea groups is 1. The topological polar surface area (TPSA) is 102 Å². The van der Waals surface area contributed by atoms with Gasteiger partial charge in [-0.05, 0) is 43.2 Å². The van der Waals surface area contributed by atoms with Crippen molar-refractivity contribution in [2.24, 2.45) is 0 Å². The molecule has 0 unspecified atom stereocenters. The number of amides is 2. The van der Waals surface area contributed by atoms with Gasteiger partial charge in [0.1, 0.15) is 22.7 Å². The number of benzene rings is 2. The third-order valence-electron chi connectivity index (χ3n) is 4.78. The van der Waals surface area contributed by atoms with Crippen molar-refractivity contribution in [2.45, 2.75) is 20.3 Å². The van der Waals surface area contributed by atoms with Gasteiger partial charge in [0.2, 0.25) is 0 Å². The van der Waals surface area contributed by atoms with Gasteiger partial charge >= 0.3 is 6.03 Å². The van der Waals surface area contributed by atoms with Crippen molar-refractivity contribution in [3.05, 3.63) is 59.7 Å². The molecule has 2 aromatic carbocycles. The zero-order valence-electron chi connectivity index (χ0n) is 17.3. The van der Waals surface area contributed by atoms with Crippen molar-refractivity contribution in [2.75, 3.05) is 23.0 Å². The molecule has 0 saturated heterocycles. The molecule has 0 saturated carbocycles. The average molecular weight is 434 g/mol. The lowest BCUT2D eigenvalue weighted by Crippen LogP contribution is -2.19. The number of carbonyl (C=O) groups is 1. The van der Waals surface area contributed by atoms with Gasteiger partial charge in [-0.15, -0.1) is 11.3 Å². The molecule has 0 radical (unpaired) electrons. The van der Waals surface area contributed by atoms with Crippen LogP contribution in [0.25, 0.3) is 21.3 Å². The quantitative estimate of drug-likeness (QED) is 0.370. The number of nitrogens with two attached hydrogens (primary N) is 1. The molecule has 7 nitrogen and oxygen atoms in total. The third-order valence-corrected chi connectivity index (χ3v) is 6.02. The number of rotatable bonds is 6. The van der Waals surface area contributed by atoms with Crippen LogP contribution in [-0.4, -0.2) is 22.6 Å². The summed E-state index contributed by atoms with van der Waals surface area (Å²) in [6.45, 7) is 4.53. The first-order valence-corrected chi connectivity index (χ1v) is 10.8. The highest BCUT2D eigenvalue weighted by Gasteiger charge is 2.17. The molecule has 0 aliphatic rings. The van der Waals surface area contributed by atoms with E-state index in [1.54, 1.807) is 17.4 Å². The van der Waals surface area contributed by atoms with E-state index >= 15 is 0 Å². The summed E-state index contributed by atoms with van der Waals surface area (Å²) in [6, 6.07) is 14.7. The average Bonchev–Trinajstić information content (AvgIpc) is 3.16. The number of thiophene rings is 1. The Bertz CT molecular complexity index is 1220. The van der Waals surface area contributed by atoms with Crippen molar-refractivity contribution in [1.29, 1.82) is 0 Å². The van der Waals surface area contributed by atoms with E-state index in [4.69, 9.17) is 10.5 Å². The number of aryl methyl sites for hydroxylation is 1. The highest BCUT2D eigenvalue weighted by atomic mass is 32.1. The molecule has 0 bridgehead atoms. The van der Waals surface area contributed by atoms with Gasteiger partial charge in [-0.3, -0.25) is 0 Å². The maximum Gasteiger partial charge on any atom is 0.323 e. The number of hydrogen-bond donors (Lipinski definition) is 3. The Labute approximate surface area is 184 Å². The van der Waals surface area contributed by atoms with E-state index in [9.17, 15) is 4.79 Å². The number of aromatic nitrogens is 2. The van der Waals surface area contributed by atoms with Gasteiger partial charge < -0.3 is 21.1 Å². The van der Waals surface area contributed by atoms with Crippen molar-refractivity contribution in [3.8, 4) is 16.9 Å². The van der Waals surface area contributed by atoms with E-state index in [2.05, 4.69) is 27.5 Å². The minimum atomic E-state index is -0.340. The van der Waals surface area contributed by atoms with Crippen LogP contribution in [0.1, 0.15) is 18.7 Å². The fraction of sp³-hybridized carbons (Fsp3) is 0.174. The molecule has 0 atom stereocenters. The lowest BCUT2D eigenvalue weighted by atomic mass is 10.0. The van der Waals surface area contributed by atoms with Gasteiger partial charge in [0, 0.05) is 16.1 Å². The molecule has 4 aromatic rings. The molecule has 4 N–H and O–H groups in total. The molecule has 2 heterocycles. The van der Waals surface area contributed by atoms with Crippen molar-refractivity contribution in [1.82, 2.24) is 9.97 Å². The van der Waals surface area contributed by atoms with Crippen LogP contribution in [0.5, 0.6) is 5.75 Å². The van der Waals surface area contributed by atoms with Gasteiger partial charge in [0.25, 0.3) is 0 Å². The van der Waals surface area contributed by atoms with Gasteiger partial charge in [-0.2, -0.15) is 0 Å². The maximum atomic E-state index is 12.5. The zero-order chi connectivity index (χ0) is 21.8. The molecule has 4 rings (SSSR count). The monoisotopic (exact) mass is 433 g/mol. The maximum absolute atomic E-state index is 12.5. The molecular weight excluding hydrogens is 410 g/mol. The first-order valence-electron chi connectivity index (χ1n) is 10.0. The normalized spacial score (nSPS) is 10.8. The minimum absolute atomic E-state index is 0.340. The van der Waals surface area contributed by atoms with Gasteiger partial charge in [0.15, 0.2) is 0 Å². The van der Waals surface area contributed by atoms with E-state index in [-0.39, 0.29) is 6.03 Å². The number of anilines is 3. The molecule has 8 heteroatoms. The Hall–Kier alpha value is -3.65. The molecule has 0 aliphatic carbocycles. The molecule has 2 amide bonds. The molecule has 0 spiro atoms. The highest BCUT2D eigenvalue weighted by molar-refractivity contribution is 7.19. The largest absolute Gasteiger partial charge is 0.492 e. The standard InChI is InChI=1S/C23H23N5O2S/c1-3-18-19(20-21(24)25-13-26-22(20)31-18)14-9-11-15(12-10-14)27-23(29)28-16-7-5-6-8-17(16)30-4-2/h5-13H,3-4H2,1-2H3,(H2,24,25,26)(H2,27,28,29). The molecule has 2 aromatic heterocycles. The van der Waals surface area contributed by atoms with Crippen LogP contribution in [-0.2, 0) is 6.42 Å². The van der Waals surface area contributed by atoms with E-state index in [1.165, 1.54) is 11.2 Å². The lowest BCUT2D eigenvalue weighted by molar-refractivity contribution is 0.262. The van der Waals surface area contributed by atoms with Crippen LogP contribution in [0.3, 0.4) is 0 Å². The second-order valence-electron chi connectivity index (χ2n) is 6.78. The minimum Gasteiger partial charge on any atom is -0.492 e. The van der Waals surface area contributed by atoms with Gasteiger partial charge in [-0.1, -0.05) is 31.2 Å². The van der Waals surface area contributed by atoms with Crippen LogP contribution >= 0.6 is 11.3 Å². The predicted molar refractivity (Wildman–Crippen MR) is 127 cm³/mol. The van der Waals surface area contributed by atoms with E-state index < -0.39 is 0 Å². The van der Waals surface area contributed by atoms with E-state index in [0.29, 0.717) is 29.5 Å². The second-order valence-corrected chi connectivity index (χ2v) is 7.86. The SMILES string of the molecule is CCOc1ccccc1NC(=O)Nc1ccc(-c2c(CC)sc3ncnc(N)c23)cc1. The number of hydrogen-bond acceptors (Lipinski definition) is 6. The predicted octanol–water partition coefficient (Wildman–Crippen LogP) is 5.55. The number of nitrogens with zero attached hydrogens (tertiary/aromatic N) is 2. The van der Waals surface area contributed by atoms with Crippen LogP contribution in [0.4, 0.5) is 22.0 Å². The second kappa shape index (κ2) is 9.01. The Morgan fingerprint density at radius 2 is 1.84 bits per heavy atom. The van der Waals surface area contributed by atoms with Crippen molar-refractivity contribution >= 4 is 44.8 Å². The Morgan fingerprint density at radius 1 is 1.06 bits per heavy atom. The number of fused-ring (bicyclic) bond motifs is 1. The summed E-state index contributed by atoms with van der Waals surface area (Å²) in [5.74, 6) is 1.11. The molecule has 0 aliphatic heterocycles. The summed E-state index contributed by atoms with van der Waals surface area (Å²) in [5, 5.41) is 6.57. The van der Waals surface area contributed by atoms with Crippen LogP contribution in [0, 0.1) is 0 Å². The smallest absolute Gasteiger partial charge is 0.323 e. The number of ether oxygens (including phenoxy) is 1. The van der Waals surface area contributed by atoms with E-state index in [0.717, 1.165) is 27.8 Å².